The first kappa shape index (κ1) is 13.4. The molecule has 1 unspecified atom stereocenters. The lowest BCUT2D eigenvalue weighted by Crippen LogP contribution is -2.44. The van der Waals surface area contributed by atoms with Gasteiger partial charge in [-0.2, -0.15) is 0 Å². The molecule has 4 N–H and O–H groups in total. The first-order valence-electron chi connectivity index (χ1n) is 6.00. The van der Waals surface area contributed by atoms with E-state index in [1.54, 1.807) is 6.92 Å². The van der Waals surface area contributed by atoms with E-state index in [1.807, 2.05) is 0 Å². The number of hydrogen-bond acceptors (Lipinski definition) is 4. The second-order valence-corrected chi connectivity index (χ2v) is 4.60. The highest BCUT2D eigenvalue weighted by molar-refractivity contribution is 5.77. The quantitative estimate of drug-likeness (QED) is 0.582. The fourth-order valence-corrected chi connectivity index (χ4v) is 1.79. The van der Waals surface area contributed by atoms with E-state index in [2.05, 4.69) is 10.2 Å². The zero-order valence-corrected chi connectivity index (χ0v) is 9.98. The summed E-state index contributed by atoms with van der Waals surface area (Å²) in [5.74, 6) is 0.0381. The zero-order chi connectivity index (χ0) is 12.0. The molecule has 1 heterocycles. The number of nitrogens with zero attached hydrogens (tertiary/aromatic N) is 1. The van der Waals surface area contributed by atoms with Gasteiger partial charge in [-0.3, -0.25) is 9.69 Å². The van der Waals surface area contributed by atoms with Gasteiger partial charge < -0.3 is 16.2 Å². The maximum atomic E-state index is 11.5. The van der Waals surface area contributed by atoms with E-state index in [0.29, 0.717) is 25.6 Å². The lowest BCUT2D eigenvalue weighted by atomic mass is 10.1. The SMILES string of the molecule is CC(O)CCNC(=O)CN1CCC(N)CC1. The molecular weight excluding hydrogens is 206 g/mol. The summed E-state index contributed by atoms with van der Waals surface area (Å²) in [4.78, 5) is 13.6. The van der Waals surface area contributed by atoms with Crippen LogP contribution >= 0.6 is 0 Å². The molecule has 16 heavy (non-hydrogen) atoms. The second-order valence-electron chi connectivity index (χ2n) is 4.60. The fraction of sp³-hybridized carbons (Fsp3) is 0.909. The Morgan fingerprint density at radius 1 is 1.56 bits per heavy atom. The molecule has 5 nitrogen and oxygen atoms in total. The Kier molecular flexibility index (Phi) is 5.73. The molecule has 0 saturated carbocycles. The third-order valence-electron chi connectivity index (χ3n) is 2.88. The van der Waals surface area contributed by atoms with E-state index < -0.39 is 0 Å². The van der Waals surface area contributed by atoms with Gasteiger partial charge in [-0.25, -0.2) is 0 Å². The summed E-state index contributed by atoms with van der Waals surface area (Å²) in [6, 6.07) is 0.301. The Morgan fingerprint density at radius 3 is 2.75 bits per heavy atom. The molecule has 1 aliphatic heterocycles. The molecule has 1 saturated heterocycles. The van der Waals surface area contributed by atoms with E-state index in [4.69, 9.17) is 10.8 Å². The average Bonchev–Trinajstić information content (AvgIpc) is 2.21. The Hall–Kier alpha value is -0.650. The topological polar surface area (TPSA) is 78.6 Å². The van der Waals surface area contributed by atoms with Crippen LogP contribution in [0.3, 0.4) is 0 Å². The highest BCUT2D eigenvalue weighted by Crippen LogP contribution is 2.07. The molecule has 1 aliphatic rings. The third-order valence-corrected chi connectivity index (χ3v) is 2.88. The Morgan fingerprint density at radius 2 is 2.19 bits per heavy atom. The van der Waals surface area contributed by atoms with Crippen molar-refractivity contribution in [1.82, 2.24) is 10.2 Å². The molecule has 1 atom stereocenters. The highest BCUT2D eigenvalue weighted by Gasteiger charge is 2.17. The first-order chi connectivity index (χ1) is 7.58. The van der Waals surface area contributed by atoms with Crippen molar-refractivity contribution in [3.63, 3.8) is 0 Å². The van der Waals surface area contributed by atoms with Crippen molar-refractivity contribution < 1.29 is 9.90 Å². The minimum atomic E-state index is -0.353. The summed E-state index contributed by atoms with van der Waals surface area (Å²) in [6.07, 6.45) is 2.20. The van der Waals surface area contributed by atoms with Crippen LogP contribution in [-0.4, -0.2) is 54.2 Å². The molecule has 94 valence electrons. The summed E-state index contributed by atoms with van der Waals surface area (Å²) in [7, 11) is 0. The largest absolute Gasteiger partial charge is 0.393 e. The van der Waals surface area contributed by atoms with E-state index >= 15 is 0 Å². The molecular formula is C11H23N3O2. The van der Waals surface area contributed by atoms with Gasteiger partial charge in [-0.05, 0) is 26.2 Å². The molecule has 5 heteroatoms. The van der Waals surface area contributed by atoms with Gasteiger partial charge in [-0.15, -0.1) is 0 Å². The van der Waals surface area contributed by atoms with Gasteiger partial charge in [0.15, 0.2) is 0 Å². The van der Waals surface area contributed by atoms with Crippen LogP contribution in [0.2, 0.25) is 0 Å². The summed E-state index contributed by atoms with van der Waals surface area (Å²) in [6.45, 7) is 4.53. The monoisotopic (exact) mass is 229 g/mol. The van der Waals surface area contributed by atoms with E-state index in [1.165, 1.54) is 0 Å². The number of hydrogen-bond donors (Lipinski definition) is 3. The number of piperidine rings is 1. The molecule has 0 bridgehead atoms. The van der Waals surface area contributed by atoms with Crippen LogP contribution in [0.5, 0.6) is 0 Å². The van der Waals surface area contributed by atoms with Gasteiger partial charge in [0.1, 0.15) is 0 Å². The number of nitrogens with one attached hydrogen (secondary N) is 1. The predicted octanol–water partition coefficient (Wildman–Crippen LogP) is -0.703. The number of carbonyl (C=O) groups is 1. The van der Waals surface area contributed by atoms with Crippen molar-refractivity contribution in [3.8, 4) is 0 Å². The summed E-state index contributed by atoms with van der Waals surface area (Å²) in [5, 5.41) is 11.8. The van der Waals surface area contributed by atoms with Gasteiger partial charge >= 0.3 is 0 Å². The van der Waals surface area contributed by atoms with Gasteiger partial charge in [0.25, 0.3) is 0 Å². The molecule has 0 aromatic carbocycles. The van der Waals surface area contributed by atoms with Crippen molar-refractivity contribution in [2.24, 2.45) is 5.73 Å². The zero-order valence-electron chi connectivity index (χ0n) is 9.98. The predicted molar refractivity (Wildman–Crippen MR) is 63.0 cm³/mol. The van der Waals surface area contributed by atoms with Crippen molar-refractivity contribution in [2.45, 2.75) is 38.3 Å². The average molecular weight is 229 g/mol. The van der Waals surface area contributed by atoms with Crippen LogP contribution in [0.25, 0.3) is 0 Å². The number of rotatable bonds is 5. The number of amides is 1. The van der Waals surface area contributed by atoms with E-state index in [-0.39, 0.29) is 12.0 Å². The molecule has 1 fully saturated rings. The summed E-state index contributed by atoms with van der Waals surface area (Å²) < 4.78 is 0. The Labute approximate surface area is 97.0 Å². The fourth-order valence-electron chi connectivity index (χ4n) is 1.79. The van der Waals surface area contributed by atoms with Crippen LogP contribution in [0, 0.1) is 0 Å². The lowest BCUT2D eigenvalue weighted by Gasteiger charge is -2.29. The van der Waals surface area contributed by atoms with Gasteiger partial charge in [0.05, 0.1) is 12.6 Å². The highest BCUT2D eigenvalue weighted by atomic mass is 16.3. The molecule has 0 aliphatic carbocycles. The van der Waals surface area contributed by atoms with Crippen LogP contribution in [0.4, 0.5) is 0 Å². The number of nitrogens with two attached hydrogens (primary N) is 1. The van der Waals surface area contributed by atoms with Gasteiger partial charge in [0, 0.05) is 25.7 Å². The number of likely N-dealkylation sites (tertiary alicyclic amines) is 1. The van der Waals surface area contributed by atoms with Crippen LogP contribution in [0.1, 0.15) is 26.2 Å². The normalized spacial score (nSPS) is 20.7. The van der Waals surface area contributed by atoms with E-state index in [0.717, 1.165) is 25.9 Å². The van der Waals surface area contributed by atoms with Crippen molar-refractivity contribution in [3.05, 3.63) is 0 Å². The standard InChI is InChI=1S/C11H23N3O2/c1-9(15)2-5-13-11(16)8-14-6-3-10(12)4-7-14/h9-10,15H,2-8,12H2,1H3,(H,13,16). The van der Waals surface area contributed by atoms with Crippen molar-refractivity contribution in [1.29, 1.82) is 0 Å². The minimum Gasteiger partial charge on any atom is -0.393 e. The minimum absolute atomic E-state index is 0.0381. The number of aliphatic hydroxyl groups is 1. The van der Waals surface area contributed by atoms with Crippen molar-refractivity contribution in [2.75, 3.05) is 26.2 Å². The third kappa shape index (κ3) is 5.44. The smallest absolute Gasteiger partial charge is 0.234 e. The lowest BCUT2D eigenvalue weighted by molar-refractivity contribution is -0.122. The molecule has 0 radical (unpaired) electrons. The molecule has 1 rings (SSSR count). The molecule has 0 spiro atoms. The summed E-state index contributed by atoms with van der Waals surface area (Å²) >= 11 is 0. The van der Waals surface area contributed by atoms with Crippen LogP contribution < -0.4 is 11.1 Å². The summed E-state index contributed by atoms with van der Waals surface area (Å²) in [5.41, 5.74) is 5.79. The van der Waals surface area contributed by atoms with Gasteiger partial charge in [-0.1, -0.05) is 0 Å². The van der Waals surface area contributed by atoms with Crippen LogP contribution in [-0.2, 0) is 4.79 Å². The number of carbonyl (C=O) groups excluding carboxylic acids is 1. The Bertz CT molecular complexity index is 213. The maximum Gasteiger partial charge on any atom is 0.234 e. The second kappa shape index (κ2) is 6.83. The van der Waals surface area contributed by atoms with Crippen LogP contribution in [0.15, 0.2) is 0 Å². The molecule has 1 amide bonds. The first-order valence-corrected chi connectivity index (χ1v) is 6.00. The van der Waals surface area contributed by atoms with E-state index in [9.17, 15) is 4.79 Å². The van der Waals surface area contributed by atoms with Gasteiger partial charge in [0.2, 0.25) is 5.91 Å². The molecule has 0 aromatic rings. The van der Waals surface area contributed by atoms with Crippen molar-refractivity contribution >= 4 is 5.91 Å². The maximum absolute atomic E-state index is 11.5. The number of aliphatic hydroxyl groups excluding tert-OH is 1. The Balaban J connectivity index is 2.09. The molecule has 0 aromatic heterocycles.